The lowest BCUT2D eigenvalue weighted by Crippen LogP contribution is -2.51. The van der Waals surface area contributed by atoms with Crippen molar-refractivity contribution in [2.45, 2.75) is 25.9 Å². The number of amides is 1. The Labute approximate surface area is 159 Å². The lowest BCUT2D eigenvalue weighted by atomic mass is 10.1. The Morgan fingerprint density at radius 2 is 1.96 bits per heavy atom. The smallest absolute Gasteiger partial charge is 0.318 e. The third kappa shape index (κ3) is 6.30. The SMILES string of the molecule is CCCc1ccc(C(=O)N2CCOC(CN(CC(=O)O)S(C)(=O)=O)C2)cc1. The summed E-state index contributed by atoms with van der Waals surface area (Å²) in [6, 6.07) is 7.47. The van der Waals surface area contributed by atoms with Gasteiger partial charge in [-0.25, -0.2) is 8.42 Å². The lowest BCUT2D eigenvalue weighted by Gasteiger charge is -2.35. The van der Waals surface area contributed by atoms with Crippen LogP contribution < -0.4 is 0 Å². The molecule has 0 radical (unpaired) electrons. The van der Waals surface area contributed by atoms with Crippen LogP contribution in [0.5, 0.6) is 0 Å². The Hall–Kier alpha value is -1.97. The summed E-state index contributed by atoms with van der Waals surface area (Å²) in [6.07, 6.45) is 2.38. The van der Waals surface area contributed by atoms with Crippen LogP contribution in [-0.2, 0) is 26.0 Å². The van der Waals surface area contributed by atoms with E-state index >= 15 is 0 Å². The van der Waals surface area contributed by atoms with Gasteiger partial charge in [0.25, 0.3) is 5.91 Å². The van der Waals surface area contributed by atoms with Crippen LogP contribution in [-0.4, -0.2) is 79.8 Å². The first-order valence-corrected chi connectivity index (χ1v) is 10.7. The van der Waals surface area contributed by atoms with E-state index in [4.69, 9.17) is 9.84 Å². The van der Waals surface area contributed by atoms with E-state index in [-0.39, 0.29) is 25.6 Å². The minimum Gasteiger partial charge on any atom is -0.480 e. The number of carboxylic acids is 1. The minimum absolute atomic E-state index is 0.107. The topological polar surface area (TPSA) is 104 Å². The summed E-state index contributed by atoms with van der Waals surface area (Å²) < 4.78 is 30.0. The van der Waals surface area contributed by atoms with Gasteiger partial charge in [-0.15, -0.1) is 0 Å². The first kappa shape index (κ1) is 21.3. The summed E-state index contributed by atoms with van der Waals surface area (Å²) in [6.45, 7) is 2.24. The van der Waals surface area contributed by atoms with E-state index in [1.54, 1.807) is 17.0 Å². The van der Waals surface area contributed by atoms with Crippen LogP contribution in [0, 0.1) is 0 Å². The molecule has 0 spiro atoms. The van der Waals surface area contributed by atoms with E-state index in [1.165, 1.54) is 5.56 Å². The Bertz CT molecular complexity index is 763. The van der Waals surface area contributed by atoms with Crippen LogP contribution >= 0.6 is 0 Å². The quantitative estimate of drug-likeness (QED) is 0.695. The summed E-state index contributed by atoms with van der Waals surface area (Å²) in [4.78, 5) is 25.3. The van der Waals surface area contributed by atoms with E-state index in [0.29, 0.717) is 12.1 Å². The molecule has 1 fully saturated rings. The Morgan fingerprint density at radius 1 is 1.30 bits per heavy atom. The molecule has 0 aliphatic carbocycles. The minimum atomic E-state index is -3.69. The van der Waals surface area contributed by atoms with Gasteiger partial charge >= 0.3 is 5.97 Å². The van der Waals surface area contributed by atoms with Crippen molar-refractivity contribution >= 4 is 21.9 Å². The number of aryl methyl sites for hydroxylation is 1. The average Bonchev–Trinajstić information content (AvgIpc) is 2.61. The first-order valence-electron chi connectivity index (χ1n) is 8.87. The number of carbonyl (C=O) groups is 2. The summed E-state index contributed by atoms with van der Waals surface area (Å²) >= 11 is 0. The zero-order valence-corrected chi connectivity index (χ0v) is 16.4. The van der Waals surface area contributed by atoms with Gasteiger partial charge in [-0.3, -0.25) is 9.59 Å². The van der Waals surface area contributed by atoms with Crippen LogP contribution in [0.1, 0.15) is 29.3 Å². The molecule has 0 bridgehead atoms. The van der Waals surface area contributed by atoms with E-state index in [0.717, 1.165) is 23.4 Å². The number of ether oxygens (including phenoxy) is 1. The highest BCUT2D eigenvalue weighted by atomic mass is 32.2. The Kier molecular flexibility index (Phi) is 7.34. The summed E-state index contributed by atoms with van der Waals surface area (Å²) in [5.74, 6) is -1.38. The van der Waals surface area contributed by atoms with Gasteiger partial charge in [0.05, 0.1) is 19.0 Å². The summed E-state index contributed by atoms with van der Waals surface area (Å²) in [7, 11) is -3.69. The number of rotatable bonds is 8. The van der Waals surface area contributed by atoms with Crippen LogP contribution in [0.15, 0.2) is 24.3 Å². The van der Waals surface area contributed by atoms with E-state index < -0.39 is 28.6 Å². The van der Waals surface area contributed by atoms with Gasteiger partial charge < -0.3 is 14.7 Å². The Morgan fingerprint density at radius 3 is 2.52 bits per heavy atom. The molecule has 0 saturated carbocycles. The zero-order valence-electron chi connectivity index (χ0n) is 15.6. The third-order valence-electron chi connectivity index (χ3n) is 4.35. The predicted molar refractivity (Wildman–Crippen MR) is 100 cm³/mol. The lowest BCUT2D eigenvalue weighted by molar-refractivity contribution is -0.137. The molecule has 1 saturated heterocycles. The molecular weight excluding hydrogens is 372 g/mol. The number of carboxylic acid groups (broad SMARTS) is 1. The van der Waals surface area contributed by atoms with Gasteiger partial charge in [0, 0.05) is 25.2 Å². The number of carbonyl (C=O) groups excluding carboxylic acids is 1. The van der Waals surface area contributed by atoms with E-state index in [1.807, 2.05) is 12.1 Å². The predicted octanol–water partition coefficient (Wildman–Crippen LogP) is 0.826. The highest BCUT2D eigenvalue weighted by Gasteiger charge is 2.30. The molecule has 1 atom stereocenters. The standard InChI is InChI=1S/C18H26N2O6S/c1-3-4-14-5-7-15(8-6-14)18(23)19-9-10-26-16(11-19)12-20(13-17(21)22)27(2,24)25/h5-8,16H,3-4,9-13H2,1-2H3,(H,21,22). The maximum absolute atomic E-state index is 12.7. The van der Waals surface area contributed by atoms with Crippen molar-refractivity contribution in [1.29, 1.82) is 0 Å². The van der Waals surface area contributed by atoms with E-state index in [2.05, 4.69) is 6.92 Å². The number of sulfonamides is 1. The first-order chi connectivity index (χ1) is 12.7. The highest BCUT2D eigenvalue weighted by molar-refractivity contribution is 7.88. The number of hydrogen-bond acceptors (Lipinski definition) is 5. The second kappa shape index (κ2) is 9.29. The van der Waals surface area contributed by atoms with Crippen LogP contribution in [0.4, 0.5) is 0 Å². The van der Waals surface area contributed by atoms with Crippen molar-refractivity contribution < 1.29 is 27.9 Å². The number of nitrogens with zero attached hydrogens (tertiary/aromatic N) is 2. The van der Waals surface area contributed by atoms with Crippen LogP contribution in [0.3, 0.4) is 0 Å². The van der Waals surface area contributed by atoms with Crippen molar-refractivity contribution in [2.75, 3.05) is 39.0 Å². The van der Waals surface area contributed by atoms with Gasteiger partial charge in [0.2, 0.25) is 10.0 Å². The molecule has 1 aromatic rings. The molecule has 9 heteroatoms. The normalized spacial score (nSPS) is 17.9. The fraction of sp³-hybridized carbons (Fsp3) is 0.556. The van der Waals surface area contributed by atoms with Crippen LogP contribution in [0.25, 0.3) is 0 Å². The number of morpholine rings is 1. The molecule has 1 N–H and O–H groups in total. The maximum atomic E-state index is 12.7. The number of benzene rings is 1. The van der Waals surface area contributed by atoms with Crippen molar-refractivity contribution in [2.24, 2.45) is 0 Å². The zero-order chi connectivity index (χ0) is 20.0. The van der Waals surface area contributed by atoms with Gasteiger partial charge in [0.15, 0.2) is 0 Å². The monoisotopic (exact) mass is 398 g/mol. The molecule has 1 heterocycles. The fourth-order valence-electron chi connectivity index (χ4n) is 2.99. The van der Waals surface area contributed by atoms with Crippen LogP contribution in [0.2, 0.25) is 0 Å². The molecule has 150 valence electrons. The highest BCUT2D eigenvalue weighted by Crippen LogP contribution is 2.14. The molecule has 1 aliphatic heterocycles. The average molecular weight is 398 g/mol. The van der Waals surface area contributed by atoms with Gasteiger partial charge in [0.1, 0.15) is 6.54 Å². The molecule has 1 amide bonds. The molecule has 0 aromatic heterocycles. The molecule has 2 rings (SSSR count). The summed E-state index contributed by atoms with van der Waals surface area (Å²) in [5, 5.41) is 8.91. The second-order valence-electron chi connectivity index (χ2n) is 6.64. The fourth-order valence-corrected chi connectivity index (χ4v) is 3.78. The second-order valence-corrected chi connectivity index (χ2v) is 8.62. The van der Waals surface area contributed by atoms with E-state index in [9.17, 15) is 18.0 Å². The number of aliphatic carboxylic acids is 1. The largest absolute Gasteiger partial charge is 0.480 e. The van der Waals surface area contributed by atoms with Crippen molar-refractivity contribution in [3.8, 4) is 0 Å². The third-order valence-corrected chi connectivity index (χ3v) is 5.57. The molecule has 8 nitrogen and oxygen atoms in total. The van der Waals surface area contributed by atoms with Gasteiger partial charge in [-0.2, -0.15) is 4.31 Å². The maximum Gasteiger partial charge on any atom is 0.318 e. The molecule has 27 heavy (non-hydrogen) atoms. The van der Waals surface area contributed by atoms with Crippen molar-refractivity contribution in [1.82, 2.24) is 9.21 Å². The van der Waals surface area contributed by atoms with Crippen molar-refractivity contribution in [3.63, 3.8) is 0 Å². The Balaban J connectivity index is 2.03. The van der Waals surface area contributed by atoms with Gasteiger partial charge in [-0.1, -0.05) is 25.5 Å². The van der Waals surface area contributed by atoms with Crippen molar-refractivity contribution in [3.05, 3.63) is 35.4 Å². The summed E-state index contributed by atoms with van der Waals surface area (Å²) in [5.41, 5.74) is 1.74. The number of hydrogen-bond donors (Lipinski definition) is 1. The molecular formula is C18H26N2O6S. The van der Waals surface area contributed by atoms with Gasteiger partial charge in [-0.05, 0) is 24.1 Å². The molecule has 1 aromatic carbocycles. The molecule has 1 unspecified atom stereocenters. The molecule has 1 aliphatic rings.